The topological polar surface area (TPSA) is 42.4 Å². The Hall–Kier alpha value is -1.88. The minimum atomic E-state index is -0.0408. The monoisotopic (exact) mass is 290 g/mol. The van der Waals surface area contributed by atoms with E-state index in [0.29, 0.717) is 18.8 Å². The van der Waals surface area contributed by atoms with Crippen LogP contribution in [-0.4, -0.2) is 36.0 Å². The molecule has 20 heavy (non-hydrogen) atoms. The van der Waals surface area contributed by atoms with E-state index in [-0.39, 0.29) is 5.91 Å². The van der Waals surface area contributed by atoms with Crippen molar-refractivity contribution in [3.05, 3.63) is 35.3 Å². The molecule has 1 aromatic heterocycles. The Morgan fingerprint density at radius 3 is 2.60 bits per heavy atom. The number of amides is 1. The lowest BCUT2D eigenvalue weighted by molar-refractivity contribution is 0.0797. The van der Waals surface area contributed by atoms with E-state index in [4.69, 9.17) is 4.74 Å². The second kappa shape index (κ2) is 6.52. The van der Waals surface area contributed by atoms with Crippen LogP contribution in [0.2, 0.25) is 0 Å². The minimum Gasteiger partial charge on any atom is -0.494 e. The van der Waals surface area contributed by atoms with Gasteiger partial charge in [0.15, 0.2) is 0 Å². The zero-order valence-electron chi connectivity index (χ0n) is 11.9. The second-order valence-corrected chi connectivity index (χ2v) is 5.17. The first kappa shape index (κ1) is 14.5. The molecule has 0 bridgehead atoms. The van der Waals surface area contributed by atoms with Crippen molar-refractivity contribution >= 4 is 17.2 Å². The summed E-state index contributed by atoms with van der Waals surface area (Å²) in [6.45, 7) is 5.22. The van der Waals surface area contributed by atoms with Crippen LogP contribution in [-0.2, 0) is 0 Å². The van der Waals surface area contributed by atoms with E-state index in [1.54, 1.807) is 17.3 Å². The lowest BCUT2D eigenvalue weighted by atomic mass is 10.2. The van der Waals surface area contributed by atoms with Crippen molar-refractivity contribution in [2.24, 2.45) is 0 Å². The van der Waals surface area contributed by atoms with E-state index in [0.717, 1.165) is 16.3 Å². The molecule has 1 amide bonds. The number of thiazole rings is 1. The maximum absolute atomic E-state index is 12.0. The zero-order chi connectivity index (χ0) is 14.5. The molecular weight excluding hydrogens is 272 g/mol. The number of carbonyl (C=O) groups excluding carboxylic acids is 1. The summed E-state index contributed by atoms with van der Waals surface area (Å²) in [6, 6.07) is 7.75. The quantitative estimate of drug-likeness (QED) is 0.848. The second-order valence-electron chi connectivity index (χ2n) is 4.31. The number of benzene rings is 1. The van der Waals surface area contributed by atoms with E-state index >= 15 is 0 Å². The molecule has 0 saturated heterocycles. The average Bonchev–Trinajstić information content (AvgIpc) is 2.96. The molecular formula is C15H18N2O2S. The first-order chi connectivity index (χ1) is 9.65. The first-order valence-electron chi connectivity index (χ1n) is 6.60. The van der Waals surface area contributed by atoms with Gasteiger partial charge in [0, 0.05) is 24.5 Å². The van der Waals surface area contributed by atoms with Crippen LogP contribution in [0.1, 0.15) is 24.3 Å². The van der Waals surface area contributed by atoms with Gasteiger partial charge in [0.1, 0.15) is 16.5 Å². The van der Waals surface area contributed by atoms with Gasteiger partial charge in [-0.25, -0.2) is 4.98 Å². The predicted octanol–water partition coefficient (Wildman–Crippen LogP) is 3.30. The van der Waals surface area contributed by atoms with Gasteiger partial charge in [-0.2, -0.15) is 0 Å². The molecule has 5 heteroatoms. The molecule has 106 valence electrons. The molecule has 0 fully saturated rings. The van der Waals surface area contributed by atoms with E-state index in [2.05, 4.69) is 4.98 Å². The highest BCUT2D eigenvalue weighted by molar-refractivity contribution is 7.13. The number of carbonyl (C=O) groups is 1. The third-order valence-corrected chi connectivity index (χ3v) is 3.85. The molecule has 0 radical (unpaired) electrons. The lowest BCUT2D eigenvalue weighted by Gasteiger charge is -2.11. The Kier molecular flexibility index (Phi) is 4.74. The van der Waals surface area contributed by atoms with Gasteiger partial charge in [0.2, 0.25) is 0 Å². The van der Waals surface area contributed by atoms with Gasteiger partial charge in [-0.1, -0.05) is 0 Å². The van der Waals surface area contributed by atoms with Crippen LogP contribution < -0.4 is 4.74 Å². The lowest BCUT2D eigenvalue weighted by Crippen LogP contribution is -2.26. The standard InChI is InChI=1S/C15H18N2O2S/c1-4-17(3)15(18)13-10-20-14(16-13)11-6-8-12(9-7-11)19-5-2/h6-10H,4-5H2,1-3H3. The van der Waals surface area contributed by atoms with E-state index in [1.807, 2.05) is 38.1 Å². The first-order valence-corrected chi connectivity index (χ1v) is 7.47. The van der Waals surface area contributed by atoms with Crippen molar-refractivity contribution in [3.8, 4) is 16.3 Å². The molecule has 0 saturated carbocycles. The van der Waals surface area contributed by atoms with Crippen LogP contribution in [0.4, 0.5) is 0 Å². The van der Waals surface area contributed by atoms with Gasteiger partial charge in [-0.05, 0) is 38.1 Å². The Morgan fingerprint density at radius 1 is 1.30 bits per heavy atom. The fourth-order valence-electron chi connectivity index (χ4n) is 1.70. The predicted molar refractivity (Wildman–Crippen MR) is 81.4 cm³/mol. The summed E-state index contributed by atoms with van der Waals surface area (Å²) in [5.74, 6) is 0.802. The van der Waals surface area contributed by atoms with Gasteiger partial charge in [0.05, 0.1) is 6.61 Å². The number of hydrogen-bond acceptors (Lipinski definition) is 4. The molecule has 4 nitrogen and oxygen atoms in total. The molecule has 2 rings (SSSR count). The maximum Gasteiger partial charge on any atom is 0.273 e. The Balaban J connectivity index is 2.18. The molecule has 0 atom stereocenters. The summed E-state index contributed by atoms with van der Waals surface area (Å²) >= 11 is 1.48. The normalized spacial score (nSPS) is 10.3. The van der Waals surface area contributed by atoms with Crippen LogP contribution in [0.3, 0.4) is 0 Å². The van der Waals surface area contributed by atoms with Crippen LogP contribution in [0, 0.1) is 0 Å². The van der Waals surface area contributed by atoms with Crippen molar-refractivity contribution in [1.82, 2.24) is 9.88 Å². The van der Waals surface area contributed by atoms with Gasteiger partial charge < -0.3 is 9.64 Å². The maximum atomic E-state index is 12.0. The van der Waals surface area contributed by atoms with E-state index in [1.165, 1.54) is 11.3 Å². The molecule has 0 N–H and O–H groups in total. The van der Waals surface area contributed by atoms with E-state index in [9.17, 15) is 4.79 Å². The third kappa shape index (κ3) is 3.17. The highest BCUT2D eigenvalue weighted by Crippen LogP contribution is 2.26. The summed E-state index contributed by atoms with van der Waals surface area (Å²) < 4.78 is 5.41. The number of rotatable bonds is 5. The molecule has 2 aromatic rings. The Morgan fingerprint density at radius 2 is 2.00 bits per heavy atom. The summed E-state index contributed by atoms with van der Waals surface area (Å²) in [5.41, 5.74) is 1.50. The smallest absolute Gasteiger partial charge is 0.273 e. The Bertz CT molecular complexity index is 578. The molecule has 0 unspecified atom stereocenters. The molecule has 1 aromatic carbocycles. The highest BCUT2D eigenvalue weighted by Gasteiger charge is 2.14. The molecule has 0 aliphatic carbocycles. The van der Waals surface area contributed by atoms with Gasteiger partial charge in [-0.3, -0.25) is 4.79 Å². The van der Waals surface area contributed by atoms with Crippen molar-refractivity contribution in [2.45, 2.75) is 13.8 Å². The van der Waals surface area contributed by atoms with Crippen molar-refractivity contribution in [2.75, 3.05) is 20.2 Å². The fourth-order valence-corrected chi connectivity index (χ4v) is 2.50. The number of hydrogen-bond donors (Lipinski definition) is 0. The SMILES string of the molecule is CCOc1ccc(-c2nc(C(=O)N(C)CC)cs2)cc1. The summed E-state index contributed by atoms with van der Waals surface area (Å²) in [5, 5.41) is 2.65. The van der Waals surface area contributed by atoms with Crippen molar-refractivity contribution in [1.29, 1.82) is 0 Å². The molecule has 1 heterocycles. The van der Waals surface area contributed by atoms with Gasteiger partial charge in [0.25, 0.3) is 5.91 Å². The zero-order valence-corrected chi connectivity index (χ0v) is 12.7. The van der Waals surface area contributed by atoms with E-state index < -0.39 is 0 Å². The summed E-state index contributed by atoms with van der Waals surface area (Å²) in [4.78, 5) is 18.1. The minimum absolute atomic E-state index is 0.0408. The number of nitrogens with zero attached hydrogens (tertiary/aromatic N) is 2. The Labute approximate surface area is 123 Å². The average molecular weight is 290 g/mol. The number of aromatic nitrogens is 1. The van der Waals surface area contributed by atoms with Crippen LogP contribution >= 0.6 is 11.3 Å². The molecule has 0 aliphatic rings. The van der Waals surface area contributed by atoms with Gasteiger partial charge >= 0.3 is 0 Å². The summed E-state index contributed by atoms with van der Waals surface area (Å²) in [7, 11) is 1.78. The van der Waals surface area contributed by atoms with Crippen LogP contribution in [0.5, 0.6) is 5.75 Å². The fraction of sp³-hybridized carbons (Fsp3) is 0.333. The van der Waals surface area contributed by atoms with Crippen molar-refractivity contribution < 1.29 is 9.53 Å². The van der Waals surface area contributed by atoms with Crippen LogP contribution in [0.25, 0.3) is 10.6 Å². The molecule has 0 spiro atoms. The largest absolute Gasteiger partial charge is 0.494 e. The van der Waals surface area contributed by atoms with Crippen molar-refractivity contribution in [3.63, 3.8) is 0 Å². The highest BCUT2D eigenvalue weighted by atomic mass is 32.1. The van der Waals surface area contributed by atoms with Gasteiger partial charge in [-0.15, -0.1) is 11.3 Å². The summed E-state index contributed by atoms with van der Waals surface area (Å²) in [6.07, 6.45) is 0. The molecule has 0 aliphatic heterocycles. The van der Waals surface area contributed by atoms with Crippen LogP contribution in [0.15, 0.2) is 29.6 Å². The third-order valence-electron chi connectivity index (χ3n) is 2.96. The number of ether oxygens (including phenoxy) is 1.